The SMILES string of the molecule is O=c1[nH]c(C2CC2(Cl)Cl)nc2sc3c(c12)CCCC3. The monoisotopic (exact) mass is 314 g/mol. The van der Waals surface area contributed by atoms with Crippen molar-refractivity contribution >= 4 is 44.8 Å². The summed E-state index contributed by atoms with van der Waals surface area (Å²) in [6.45, 7) is 0. The molecule has 0 saturated heterocycles. The molecule has 1 atom stereocenters. The normalized spacial score (nSPS) is 24.4. The number of thiophene rings is 1. The molecule has 0 bridgehead atoms. The number of aromatic amines is 1. The van der Waals surface area contributed by atoms with Crippen LogP contribution >= 0.6 is 34.5 Å². The fourth-order valence-corrected chi connectivity index (χ4v) is 4.64. The van der Waals surface area contributed by atoms with E-state index < -0.39 is 4.33 Å². The first-order valence-electron chi connectivity index (χ1n) is 6.48. The standard InChI is InChI=1S/C13H12Cl2N2OS/c14-13(15)5-7(13)10-16-11(18)9-6-3-1-2-4-8(6)19-12(9)17-10/h7H,1-5H2,(H,16,17,18). The van der Waals surface area contributed by atoms with E-state index in [0.717, 1.165) is 29.5 Å². The van der Waals surface area contributed by atoms with E-state index in [1.807, 2.05) is 0 Å². The Kier molecular flexibility index (Phi) is 2.54. The van der Waals surface area contributed by atoms with Gasteiger partial charge < -0.3 is 4.98 Å². The van der Waals surface area contributed by atoms with E-state index in [2.05, 4.69) is 9.97 Å². The van der Waals surface area contributed by atoms with Crippen molar-refractivity contribution in [2.24, 2.45) is 0 Å². The van der Waals surface area contributed by atoms with Crippen molar-refractivity contribution in [2.75, 3.05) is 0 Å². The highest BCUT2D eigenvalue weighted by Crippen LogP contribution is 2.58. The Bertz CT molecular complexity index is 734. The van der Waals surface area contributed by atoms with Gasteiger partial charge in [0.25, 0.3) is 5.56 Å². The number of aromatic nitrogens is 2. The highest BCUT2D eigenvalue weighted by Gasteiger charge is 2.54. The first kappa shape index (κ1) is 12.2. The summed E-state index contributed by atoms with van der Waals surface area (Å²) in [5.74, 6) is 0.605. The van der Waals surface area contributed by atoms with Crippen molar-refractivity contribution in [1.82, 2.24) is 9.97 Å². The molecule has 0 aromatic carbocycles. The number of fused-ring (bicyclic) bond motifs is 3. The van der Waals surface area contributed by atoms with E-state index in [-0.39, 0.29) is 11.5 Å². The van der Waals surface area contributed by atoms with Gasteiger partial charge in [-0.2, -0.15) is 0 Å². The molecule has 2 aromatic heterocycles. The lowest BCUT2D eigenvalue weighted by Crippen LogP contribution is -2.13. The highest BCUT2D eigenvalue weighted by molar-refractivity contribution is 7.18. The van der Waals surface area contributed by atoms with E-state index in [0.29, 0.717) is 12.2 Å². The molecule has 1 fully saturated rings. The van der Waals surface area contributed by atoms with Gasteiger partial charge in [-0.3, -0.25) is 4.79 Å². The summed E-state index contributed by atoms with van der Waals surface area (Å²) < 4.78 is -0.750. The Labute approximate surface area is 124 Å². The molecule has 19 heavy (non-hydrogen) atoms. The average Bonchev–Trinajstić information content (AvgIpc) is 2.84. The summed E-state index contributed by atoms with van der Waals surface area (Å²) in [6.07, 6.45) is 5.10. The summed E-state index contributed by atoms with van der Waals surface area (Å²) in [5, 5.41) is 0.791. The van der Waals surface area contributed by atoms with Crippen LogP contribution in [0, 0.1) is 0 Å². The fourth-order valence-electron chi connectivity index (χ4n) is 2.86. The van der Waals surface area contributed by atoms with Crippen LogP contribution in [0.2, 0.25) is 0 Å². The van der Waals surface area contributed by atoms with E-state index >= 15 is 0 Å². The van der Waals surface area contributed by atoms with Crippen LogP contribution in [0.25, 0.3) is 10.2 Å². The molecule has 0 spiro atoms. The van der Waals surface area contributed by atoms with Crippen LogP contribution in [-0.2, 0) is 12.8 Å². The van der Waals surface area contributed by atoms with Gasteiger partial charge in [-0.1, -0.05) is 0 Å². The zero-order valence-electron chi connectivity index (χ0n) is 10.1. The molecule has 2 aliphatic carbocycles. The fraction of sp³-hybridized carbons (Fsp3) is 0.538. The van der Waals surface area contributed by atoms with Crippen LogP contribution in [-0.4, -0.2) is 14.3 Å². The minimum atomic E-state index is -0.750. The van der Waals surface area contributed by atoms with E-state index in [1.165, 1.54) is 16.9 Å². The Morgan fingerprint density at radius 3 is 2.79 bits per heavy atom. The summed E-state index contributed by atoms with van der Waals surface area (Å²) in [6, 6.07) is 0. The molecule has 100 valence electrons. The van der Waals surface area contributed by atoms with Gasteiger partial charge in [-0.25, -0.2) is 4.98 Å². The molecule has 1 N–H and O–H groups in total. The minimum absolute atomic E-state index is 0.0320. The van der Waals surface area contributed by atoms with Gasteiger partial charge in [0.2, 0.25) is 0 Å². The number of aryl methyl sites for hydroxylation is 2. The van der Waals surface area contributed by atoms with Crippen LogP contribution in [0.5, 0.6) is 0 Å². The topological polar surface area (TPSA) is 45.8 Å². The maximum absolute atomic E-state index is 12.3. The lowest BCUT2D eigenvalue weighted by atomic mass is 9.97. The predicted molar refractivity (Wildman–Crippen MR) is 78.7 cm³/mol. The Balaban J connectivity index is 1.91. The van der Waals surface area contributed by atoms with Crippen LogP contribution in [0.15, 0.2) is 4.79 Å². The van der Waals surface area contributed by atoms with Crippen LogP contribution in [0.1, 0.15) is 41.4 Å². The summed E-state index contributed by atoms with van der Waals surface area (Å²) in [7, 11) is 0. The summed E-state index contributed by atoms with van der Waals surface area (Å²) in [4.78, 5) is 21.9. The molecular weight excluding hydrogens is 303 g/mol. The zero-order valence-corrected chi connectivity index (χ0v) is 12.5. The van der Waals surface area contributed by atoms with Crippen molar-refractivity contribution < 1.29 is 0 Å². The number of hydrogen-bond acceptors (Lipinski definition) is 3. The smallest absolute Gasteiger partial charge is 0.259 e. The number of halogens is 2. The van der Waals surface area contributed by atoms with Gasteiger partial charge in [-0.15, -0.1) is 34.5 Å². The summed E-state index contributed by atoms with van der Waals surface area (Å²) in [5.41, 5.74) is 1.18. The lowest BCUT2D eigenvalue weighted by Gasteiger charge is -2.09. The third kappa shape index (κ3) is 1.84. The molecule has 1 saturated carbocycles. The maximum atomic E-state index is 12.3. The highest BCUT2D eigenvalue weighted by atomic mass is 35.5. The zero-order chi connectivity index (χ0) is 13.2. The molecule has 3 nitrogen and oxygen atoms in total. The third-order valence-electron chi connectivity index (χ3n) is 4.00. The second-order valence-corrected chi connectivity index (χ2v) is 7.99. The number of hydrogen-bond donors (Lipinski definition) is 1. The quantitative estimate of drug-likeness (QED) is 0.818. The molecule has 6 heteroatoms. The predicted octanol–water partition coefficient (Wildman–Crippen LogP) is 3.52. The van der Waals surface area contributed by atoms with Crippen molar-refractivity contribution in [3.63, 3.8) is 0 Å². The Morgan fingerprint density at radius 2 is 2.05 bits per heavy atom. The van der Waals surface area contributed by atoms with Gasteiger partial charge >= 0.3 is 0 Å². The third-order valence-corrected chi connectivity index (χ3v) is 6.02. The van der Waals surface area contributed by atoms with Gasteiger partial charge in [0.1, 0.15) is 15.0 Å². The number of nitrogens with one attached hydrogen (secondary N) is 1. The van der Waals surface area contributed by atoms with E-state index in [1.54, 1.807) is 11.3 Å². The first-order valence-corrected chi connectivity index (χ1v) is 8.06. The van der Waals surface area contributed by atoms with E-state index in [4.69, 9.17) is 23.2 Å². The van der Waals surface area contributed by atoms with Gasteiger partial charge in [0.05, 0.1) is 11.3 Å². The molecular formula is C13H12Cl2N2OS. The second kappa shape index (κ2) is 3.96. The van der Waals surface area contributed by atoms with Crippen molar-refractivity contribution in [3.05, 3.63) is 26.6 Å². The average molecular weight is 315 g/mol. The number of alkyl halides is 2. The number of nitrogens with zero attached hydrogens (tertiary/aromatic N) is 1. The molecule has 0 amide bonds. The molecule has 2 aromatic rings. The molecule has 2 aliphatic rings. The minimum Gasteiger partial charge on any atom is -0.310 e. The van der Waals surface area contributed by atoms with Crippen LogP contribution in [0.4, 0.5) is 0 Å². The molecule has 0 aliphatic heterocycles. The molecule has 4 rings (SSSR count). The number of H-pyrrole nitrogens is 1. The van der Waals surface area contributed by atoms with Crippen LogP contribution in [0.3, 0.4) is 0 Å². The van der Waals surface area contributed by atoms with Gasteiger partial charge in [0.15, 0.2) is 0 Å². The first-order chi connectivity index (χ1) is 9.06. The van der Waals surface area contributed by atoms with Crippen molar-refractivity contribution in [3.8, 4) is 0 Å². The Hall–Kier alpha value is -0.580. The van der Waals surface area contributed by atoms with Gasteiger partial charge in [-0.05, 0) is 37.7 Å². The van der Waals surface area contributed by atoms with E-state index in [9.17, 15) is 4.79 Å². The molecule has 1 unspecified atom stereocenters. The molecule has 0 radical (unpaired) electrons. The second-order valence-electron chi connectivity index (χ2n) is 5.36. The largest absolute Gasteiger partial charge is 0.310 e. The number of rotatable bonds is 1. The van der Waals surface area contributed by atoms with Gasteiger partial charge in [0, 0.05) is 4.88 Å². The maximum Gasteiger partial charge on any atom is 0.259 e. The lowest BCUT2D eigenvalue weighted by molar-refractivity contribution is 0.700. The van der Waals surface area contributed by atoms with Crippen molar-refractivity contribution in [2.45, 2.75) is 42.4 Å². The van der Waals surface area contributed by atoms with Crippen LogP contribution < -0.4 is 5.56 Å². The van der Waals surface area contributed by atoms with Crippen molar-refractivity contribution in [1.29, 1.82) is 0 Å². The molecule has 2 heterocycles. The Morgan fingerprint density at radius 1 is 1.32 bits per heavy atom. The summed E-state index contributed by atoms with van der Waals surface area (Å²) >= 11 is 13.8.